The molecule has 3 N–H and O–H groups in total. The van der Waals surface area contributed by atoms with Crippen LogP contribution in [0, 0.1) is 0 Å². The number of hydrogen-bond acceptors (Lipinski definition) is 11. The minimum Gasteiger partial charge on any atom is -0.790 e. The quantitative estimate of drug-likeness (QED) is 0.324. The normalized spacial score (nSPS) is 36.6. The number of rotatable bonds is 5. The van der Waals surface area contributed by atoms with Crippen molar-refractivity contribution >= 4 is 17.9 Å². The molecule has 1 fully saturated rings. The zero-order valence-corrected chi connectivity index (χ0v) is 10.8. The molecule has 0 bridgehead atoms. The monoisotopic (exact) mass is 321 g/mol. The van der Waals surface area contributed by atoms with Gasteiger partial charge in [-0.05, 0) is 0 Å². The van der Waals surface area contributed by atoms with Crippen LogP contribution in [0.15, 0.2) is 0 Å². The number of hydrogen-bond donors (Lipinski definition) is 3. The van der Waals surface area contributed by atoms with Crippen molar-refractivity contribution in [3.8, 4) is 0 Å². The third kappa shape index (κ3) is 4.72. The summed E-state index contributed by atoms with van der Waals surface area (Å²) in [6.45, 7) is -1.36. The SMILES string of the molecule is O=P([O-])([O-])OCC1(O)O[C@H](CS(=O)(=O)[O-])[C@@H](O)[C@@H]1O. The highest BCUT2D eigenvalue weighted by molar-refractivity contribution is 7.85. The van der Waals surface area contributed by atoms with Crippen molar-refractivity contribution in [2.45, 2.75) is 24.1 Å². The van der Waals surface area contributed by atoms with Crippen molar-refractivity contribution in [2.24, 2.45) is 0 Å². The lowest BCUT2D eigenvalue weighted by molar-refractivity contribution is -0.350. The zero-order valence-electron chi connectivity index (χ0n) is 9.11. The summed E-state index contributed by atoms with van der Waals surface area (Å²) < 4.78 is 49.8. The fourth-order valence-corrected chi connectivity index (χ4v) is 2.51. The maximum Gasteiger partial charge on any atom is 0.219 e. The molecule has 0 aromatic rings. The molecule has 1 rings (SSSR count). The van der Waals surface area contributed by atoms with E-state index >= 15 is 0 Å². The second-order valence-corrected chi connectivity index (χ2v) is 6.48. The predicted molar refractivity (Wildman–Crippen MR) is 50.0 cm³/mol. The Morgan fingerprint density at radius 2 is 1.89 bits per heavy atom. The van der Waals surface area contributed by atoms with E-state index in [1.165, 1.54) is 0 Å². The van der Waals surface area contributed by atoms with Gasteiger partial charge in [0.05, 0.1) is 23.7 Å². The van der Waals surface area contributed by atoms with Gasteiger partial charge in [-0.25, -0.2) is 8.42 Å². The van der Waals surface area contributed by atoms with Gasteiger partial charge < -0.3 is 43.5 Å². The largest absolute Gasteiger partial charge is 0.790 e. The third-order valence-corrected chi connectivity index (χ3v) is 3.50. The van der Waals surface area contributed by atoms with Gasteiger partial charge in [-0.2, -0.15) is 0 Å². The topological polar surface area (TPSA) is 200 Å². The molecule has 1 saturated heterocycles. The van der Waals surface area contributed by atoms with E-state index in [1.54, 1.807) is 0 Å². The molecule has 0 radical (unpaired) electrons. The lowest BCUT2D eigenvalue weighted by atomic mass is 10.1. The highest BCUT2D eigenvalue weighted by Gasteiger charge is 2.54. The van der Waals surface area contributed by atoms with E-state index in [2.05, 4.69) is 9.26 Å². The molecule has 1 aliphatic rings. The van der Waals surface area contributed by atoms with Gasteiger partial charge in [0.15, 0.2) is 0 Å². The summed E-state index contributed by atoms with van der Waals surface area (Å²) in [4.78, 5) is 20.4. The van der Waals surface area contributed by atoms with Gasteiger partial charge >= 0.3 is 0 Å². The van der Waals surface area contributed by atoms with Crippen LogP contribution in [0.1, 0.15) is 0 Å². The highest BCUT2D eigenvalue weighted by Crippen LogP contribution is 2.34. The summed E-state index contributed by atoms with van der Waals surface area (Å²) in [5.41, 5.74) is 0. The Hall–Kier alpha value is -0.140. The standard InChI is InChI=1S/C6H13O11PS/c7-4-3(1-19(13,14)15)17-6(9,5(4)8)2-16-18(10,11)12/h3-5,7-9H,1-2H2,(H2,10,11,12)(H,13,14,15)/p-3/t3-,4-,5+,6?/m1/s1. The fraction of sp³-hybridized carbons (Fsp3) is 1.00. The number of aliphatic hydroxyl groups is 3. The molecule has 0 saturated carbocycles. The zero-order chi connectivity index (χ0) is 15.1. The molecule has 1 heterocycles. The number of aliphatic hydroxyl groups excluding tert-OH is 2. The Morgan fingerprint density at radius 1 is 1.37 bits per heavy atom. The first kappa shape index (κ1) is 16.9. The summed E-state index contributed by atoms with van der Waals surface area (Å²) in [6.07, 6.45) is -5.93. The molecule has 11 nitrogen and oxygen atoms in total. The summed E-state index contributed by atoms with van der Waals surface area (Å²) in [5.74, 6) is -4.08. The van der Waals surface area contributed by atoms with Crippen LogP contribution < -0.4 is 9.79 Å². The molecule has 4 atom stereocenters. The number of ether oxygens (including phenoxy) is 1. The van der Waals surface area contributed by atoms with Crippen molar-refractivity contribution in [3.63, 3.8) is 0 Å². The van der Waals surface area contributed by atoms with Gasteiger partial charge in [-0.1, -0.05) is 0 Å². The van der Waals surface area contributed by atoms with Crippen LogP contribution in [0.2, 0.25) is 0 Å². The summed E-state index contributed by atoms with van der Waals surface area (Å²) in [7, 11) is -10.3. The van der Waals surface area contributed by atoms with Gasteiger partial charge in [-0.15, -0.1) is 0 Å². The van der Waals surface area contributed by atoms with E-state index in [0.29, 0.717) is 0 Å². The lowest BCUT2D eigenvalue weighted by Gasteiger charge is -2.33. The lowest BCUT2D eigenvalue weighted by Crippen LogP contribution is -2.47. The molecule has 13 heteroatoms. The van der Waals surface area contributed by atoms with Crippen molar-refractivity contribution in [3.05, 3.63) is 0 Å². The van der Waals surface area contributed by atoms with Gasteiger partial charge in [0, 0.05) is 0 Å². The molecule has 0 amide bonds. The molecular weight excluding hydrogens is 311 g/mol. The Morgan fingerprint density at radius 3 is 2.32 bits per heavy atom. The predicted octanol–water partition coefficient (Wildman–Crippen LogP) is -4.81. The maximum atomic E-state index is 10.5. The van der Waals surface area contributed by atoms with E-state index in [4.69, 9.17) is 0 Å². The van der Waals surface area contributed by atoms with Crippen LogP contribution in [0.25, 0.3) is 0 Å². The van der Waals surface area contributed by atoms with Crippen LogP contribution in [0.5, 0.6) is 0 Å². The van der Waals surface area contributed by atoms with E-state index in [0.717, 1.165) is 0 Å². The molecule has 0 aliphatic carbocycles. The van der Waals surface area contributed by atoms with Gasteiger partial charge in [0.2, 0.25) is 5.79 Å². The van der Waals surface area contributed by atoms with Crippen LogP contribution in [0.4, 0.5) is 0 Å². The molecule has 0 spiro atoms. The van der Waals surface area contributed by atoms with Crippen molar-refractivity contribution in [1.29, 1.82) is 0 Å². The van der Waals surface area contributed by atoms with E-state index in [1.807, 2.05) is 0 Å². The van der Waals surface area contributed by atoms with Crippen molar-refractivity contribution in [2.75, 3.05) is 12.4 Å². The highest BCUT2D eigenvalue weighted by atomic mass is 32.2. The second kappa shape index (κ2) is 5.33. The Balaban J connectivity index is 2.79. The minimum absolute atomic E-state index is 1.26. The number of phosphoric ester groups is 1. The number of phosphoric acid groups is 1. The van der Waals surface area contributed by atoms with Crippen LogP contribution in [-0.4, -0.2) is 64.7 Å². The summed E-state index contributed by atoms with van der Waals surface area (Å²) >= 11 is 0. The van der Waals surface area contributed by atoms with E-state index in [-0.39, 0.29) is 0 Å². The molecule has 0 aromatic heterocycles. The average Bonchev–Trinajstić information content (AvgIpc) is 2.38. The second-order valence-electron chi connectivity index (χ2n) is 3.88. The van der Waals surface area contributed by atoms with Gasteiger partial charge in [-0.3, -0.25) is 0 Å². The van der Waals surface area contributed by atoms with Crippen molar-refractivity contribution < 1.29 is 51.9 Å². The Kier molecular flexibility index (Phi) is 4.75. The first-order valence-corrected chi connectivity index (χ1v) is 7.74. The molecule has 1 unspecified atom stereocenters. The molecular formula is C6H10O11PS-3. The van der Waals surface area contributed by atoms with E-state index in [9.17, 15) is 42.6 Å². The smallest absolute Gasteiger partial charge is 0.219 e. The third-order valence-electron chi connectivity index (χ3n) is 2.32. The maximum absolute atomic E-state index is 10.5. The van der Waals surface area contributed by atoms with Crippen LogP contribution in [-0.2, 0) is 23.9 Å². The average molecular weight is 321 g/mol. The molecule has 114 valence electrons. The Labute approximate surface area is 107 Å². The molecule has 0 aromatic carbocycles. The van der Waals surface area contributed by atoms with Crippen LogP contribution >= 0.6 is 7.82 Å². The van der Waals surface area contributed by atoms with Gasteiger partial charge in [0.25, 0.3) is 0 Å². The van der Waals surface area contributed by atoms with Crippen LogP contribution in [0.3, 0.4) is 0 Å². The fourth-order valence-electron chi connectivity index (χ4n) is 1.50. The molecule has 19 heavy (non-hydrogen) atoms. The van der Waals surface area contributed by atoms with Crippen molar-refractivity contribution in [1.82, 2.24) is 0 Å². The molecule has 1 aliphatic heterocycles. The first-order chi connectivity index (χ1) is 8.34. The minimum atomic E-state index is -5.48. The first-order valence-electron chi connectivity index (χ1n) is 4.70. The Bertz CT molecular complexity index is 470. The summed E-state index contributed by atoms with van der Waals surface area (Å²) in [5, 5.41) is 28.4. The van der Waals surface area contributed by atoms with Gasteiger partial charge in [0.1, 0.15) is 24.9 Å². The van der Waals surface area contributed by atoms with E-state index < -0.39 is 54.4 Å². The summed E-state index contributed by atoms with van der Waals surface area (Å²) in [6, 6.07) is 0.